The highest BCUT2D eigenvalue weighted by atomic mass is 19.4. The Hall–Kier alpha value is -4.34. The van der Waals surface area contributed by atoms with Gasteiger partial charge in [-0.1, -0.05) is 81.6 Å². The Balaban J connectivity index is 0.000000241. The van der Waals surface area contributed by atoms with Crippen LogP contribution in [0.4, 0.5) is 26.3 Å². The van der Waals surface area contributed by atoms with E-state index in [2.05, 4.69) is 13.8 Å². The zero-order valence-electron chi connectivity index (χ0n) is 24.1. The average Bonchev–Trinajstić information content (AvgIpc) is 2.95. The number of aromatic hydroxyl groups is 4. The quantitative estimate of drug-likeness (QED) is 0.117. The van der Waals surface area contributed by atoms with Crippen LogP contribution in [0.1, 0.15) is 61.8 Å². The SMILES string of the molecule is CCCCCC(C)(c1ccc(O)cc1)c1ccc(O)cc1.Oc1ccc(C(c2ccc(O)cc2)(C(F)(F)F)C(F)(F)F)cc1. The monoisotopic (exact) mass is 620 g/mol. The van der Waals surface area contributed by atoms with E-state index in [0.29, 0.717) is 35.8 Å². The van der Waals surface area contributed by atoms with Gasteiger partial charge >= 0.3 is 12.4 Å². The molecule has 0 spiro atoms. The molecule has 0 aliphatic carbocycles. The maximum absolute atomic E-state index is 13.6. The van der Waals surface area contributed by atoms with Gasteiger partial charge < -0.3 is 20.4 Å². The number of benzene rings is 4. The van der Waals surface area contributed by atoms with Crippen molar-refractivity contribution in [3.8, 4) is 23.0 Å². The molecule has 0 aliphatic heterocycles. The lowest BCUT2D eigenvalue weighted by Gasteiger charge is -2.38. The van der Waals surface area contributed by atoms with E-state index in [0.717, 1.165) is 37.1 Å². The highest BCUT2D eigenvalue weighted by Gasteiger charge is 2.72. The fraction of sp³-hybridized carbons (Fsp3) is 0.294. The molecule has 0 saturated carbocycles. The summed E-state index contributed by atoms with van der Waals surface area (Å²) in [6.45, 7) is 4.44. The Morgan fingerprint density at radius 1 is 0.455 bits per heavy atom. The van der Waals surface area contributed by atoms with Gasteiger partial charge in [-0.15, -0.1) is 0 Å². The number of hydrogen-bond acceptors (Lipinski definition) is 4. The van der Waals surface area contributed by atoms with Crippen molar-refractivity contribution in [2.24, 2.45) is 0 Å². The topological polar surface area (TPSA) is 80.9 Å². The summed E-state index contributed by atoms with van der Waals surface area (Å²) in [7, 11) is 0. The van der Waals surface area contributed by atoms with Crippen molar-refractivity contribution in [3.63, 3.8) is 0 Å². The third-order valence-corrected chi connectivity index (χ3v) is 7.74. The van der Waals surface area contributed by atoms with Crippen molar-refractivity contribution in [1.29, 1.82) is 0 Å². The van der Waals surface area contributed by atoms with E-state index in [1.54, 1.807) is 24.3 Å². The Morgan fingerprint density at radius 2 is 0.727 bits per heavy atom. The third-order valence-electron chi connectivity index (χ3n) is 7.74. The summed E-state index contributed by atoms with van der Waals surface area (Å²) in [6, 6.07) is 20.3. The molecule has 0 radical (unpaired) electrons. The zero-order valence-corrected chi connectivity index (χ0v) is 24.1. The van der Waals surface area contributed by atoms with Crippen LogP contribution in [0.25, 0.3) is 0 Å². The van der Waals surface area contributed by atoms with Gasteiger partial charge in [-0.05, 0) is 77.2 Å². The summed E-state index contributed by atoms with van der Waals surface area (Å²) in [5.41, 5.74) is -4.15. The normalized spacial score (nSPS) is 12.4. The fourth-order valence-electron chi connectivity index (χ4n) is 5.25. The number of hydrogen-bond donors (Lipinski definition) is 4. The summed E-state index contributed by atoms with van der Waals surface area (Å²) in [6.07, 6.45) is -6.77. The lowest BCUT2D eigenvalue weighted by atomic mass is 9.72. The fourth-order valence-corrected chi connectivity index (χ4v) is 5.25. The van der Waals surface area contributed by atoms with E-state index < -0.39 is 40.4 Å². The van der Waals surface area contributed by atoms with Crippen LogP contribution in [0.2, 0.25) is 0 Å². The molecule has 0 amide bonds. The molecule has 4 rings (SSSR count). The van der Waals surface area contributed by atoms with Crippen molar-refractivity contribution in [3.05, 3.63) is 119 Å². The molecule has 4 N–H and O–H groups in total. The summed E-state index contributed by atoms with van der Waals surface area (Å²) < 4.78 is 81.6. The second kappa shape index (κ2) is 13.5. The van der Waals surface area contributed by atoms with Crippen LogP contribution in [-0.4, -0.2) is 32.8 Å². The molecule has 236 valence electrons. The molecular weight excluding hydrogens is 586 g/mol. The molecule has 0 atom stereocenters. The van der Waals surface area contributed by atoms with Gasteiger partial charge in [-0.2, -0.15) is 26.3 Å². The van der Waals surface area contributed by atoms with Crippen LogP contribution in [0.15, 0.2) is 97.1 Å². The van der Waals surface area contributed by atoms with Gasteiger partial charge in [0, 0.05) is 5.41 Å². The highest BCUT2D eigenvalue weighted by molar-refractivity contribution is 5.47. The molecule has 4 aromatic rings. The van der Waals surface area contributed by atoms with Crippen LogP contribution in [0, 0.1) is 0 Å². The molecule has 0 fully saturated rings. The lowest BCUT2D eigenvalue weighted by Crippen LogP contribution is -2.54. The molecule has 4 nitrogen and oxygen atoms in total. The maximum Gasteiger partial charge on any atom is 0.411 e. The molecule has 0 aromatic heterocycles. The summed E-state index contributed by atoms with van der Waals surface area (Å²) in [5, 5.41) is 37.3. The van der Waals surface area contributed by atoms with Crippen molar-refractivity contribution in [1.82, 2.24) is 0 Å². The van der Waals surface area contributed by atoms with E-state index >= 15 is 0 Å². The third kappa shape index (κ3) is 7.23. The molecule has 0 heterocycles. The van der Waals surface area contributed by atoms with E-state index in [-0.39, 0.29) is 5.41 Å². The predicted molar refractivity (Wildman–Crippen MR) is 156 cm³/mol. The first-order valence-corrected chi connectivity index (χ1v) is 13.9. The Labute approximate surface area is 251 Å². The molecular formula is C34H34F6O4. The lowest BCUT2D eigenvalue weighted by molar-refractivity contribution is -0.288. The first kappa shape index (κ1) is 34.2. The van der Waals surface area contributed by atoms with Crippen molar-refractivity contribution in [2.75, 3.05) is 0 Å². The van der Waals surface area contributed by atoms with Gasteiger partial charge in [0.05, 0.1) is 0 Å². The molecule has 4 aromatic carbocycles. The number of rotatable bonds is 8. The number of phenols is 4. The number of unbranched alkanes of at least 4 members (excludes halogenated alkanes) is 2. The van der Waals surface area contributed by atoms with E-state index in [1.807, 2.05) is 24.3 Å². The molecule has 10 heteroatoms. The van der Waals surface area contributed by atoms with Crippen LogP contribution >= 0.6 is 0 Å². The zero-order chi connectivity index (χ0) is 32.8. The molecule has 0 bridgehead atoms. The smallest absolute Gasteiger partial charge is 0.411 e. The second-order valence-corrected chi connectivity index (χ2v) is 10.7. The number of alkyl halides is 6. The van der Waals surface area contributed by atoms with Gasteiger partial charge in [-0.3, -0.25) is 0 Å². The Bertz CT molecular complexity index is 1350. The second-order valence-electron chi connectivity index (χ2n) is 10.7. The molecule has 0 saturated heterocycles. The van der Waals surface area contributed by atoms with Crippen molar-refractivity contribution < 1.29 is 46.8 Å². The van der Waals surface area contributed by atoms with E-state index in [4.69, 9.17) is 10.2 Å². The van der Waals surface area contributed by atoms with Gasteiger partial charge in [0.25, 0.3) is 0 Å². The molecule has 0 aliphatic rings. The van der Waals surface area contributed by atoms with Gasteiger partial charge in [0.1, 0.15) is 23.0 Å². The van der Waals surface area contributed by atoms with Crippen LogP contribution in [0.5, 0.6) is 23.0 Å². The maximum atomic E-state index is 13.6. The minimum absolute atomic E-state index is 0.101. The molecule has 0 unspecified atom stereocenters. The van der Waals surface area contributed by atoms with E-state index in [9.17, 15) is 36.6 Å². The van der Waals surface area contributed by atoms with Gasteiger partial charge in [-0.25, -0.2) is 0 Å². The van der Waals surface area contributed by atoms with Gasteiger partial charge in [0.15, 0.2) is 0 Å². The van der Waals surface area contributed by atoms with Crippen LogP contribution in [0.3, 0.4) is 0 Å². The first-order valence-electron chi connectivity index (χ1n) is 13.9. The number of halogens is 6. The predicted octanol–water partition coefficient (Wildman–Crippen LogP) is 9.49. The van der Waals surface area contributed by atoms with Gasteiger partial charge in [0.2, 0.25) is 5.41 Å². The minimum atomic E-state index is -5.70. The highest BCUT2D eigenvalue weighted by Crippen LogP contribution is 2.56. The number of phenolic OH excluding ortho intramolecular Hbond substituents is 4. The Kier molecular flexibility index (Phi) is 10.5. The Morgan fingerprint density at radius 3 is 0.977 bits per heavy atom. The largest absolute Gasteiger partial charge is 0.508 e. The summed E-state index contributed by atoms with van der Waals surface area (Å²) in [5.74, 6) is -0.337. The summed E-state index contributed by atoms with van der Waals surface area (Å²) in [4.78, 5) is 0. The molecule has 44 heavy (non-hydrogen) atoms. The summed E-state index contributed by atoms with van der Waals surface area (Å²) >= 11 is 0. The average molecular weight is 621 g/mol. The standard InChI is InChI=1S/C19H24O2.C15H10F6O2/c1-3-4-5-14-19(2,15-6-10-17(20)11-7-15)16-8-12-18(21)13-9-16;16-14(17,18)13(15(19,20)21,9-1-5-11(22)6-2-9)10-3-7-12(23)8-4-10/h6-13,20-21H,3-5,14H2,1-2H3;1-8,22-23H. The van der Waals surface area contributed by atoms with Crippen LogP contribution < -0.4 is 0 Å². The van der Waals surface area contributed by atoms with E-state index in [1.165, 1.54) is 24.0 Å². The minimum Gasteiger partial charge on any atom is -0.508 e. The first-order chi connectivity index (χ1) is 20.6. The van der Waals surface area contributed by atoms with Crippen molar-refractivity contribution >= 4 is 0 Å². The van der Waals surface area contributed by atoms with Crippen LogP contribution in [-0.2, 0) is 10.8 Å². The van der Waals surface area contributed by atoms with Crippen molar-refractivity contribution in [2.45, 2.75) is 62.7 Å².